The predicted octanol–water partition coefficient (Wildman–Crippen LogP) is 3.68. The first-order chi connectivity index (χ1) is 11.7. The first kappa shape index (κ1) is 20.1. The summed E-state index contributed by atoms with van der Waals surface area (Å²) >= 11 is 1.37. The third kappa shape index (κ3) is 4.14. The highest BCUT2D eigenvalue weighted by Gasteiger charge is 2.28. The van der Waals surface area contributed by atoms with E-state index < -0.39 is 0 Å². The summed E-state index contributed by atoms with van der Waals surface area (Å²) in [5, 5.41) is 3.72. The molecule has 0 saturated carbocycles. The zero-order chi connectivity index (χ0) is 17.1. The van der Waals surface area contributed by atoms with Crippen LogP contribution in [0.25, 0.3) is 10.1 Å². The van der Waals surface area contributed by atoms with E-state index in [9.17, 15) is 9.18 Å². The summed E-state index contributed by atoms with van der Waals surface area (Å²) in [6, 6.07) is 4.98. The summed E-state index contributed by atoms with van der Waals surface area (Å²) in [4.78, 5) is 15.6. The largest absolute Gasteiger partial charge is 0.380 e. The number of fused-ring (bicyclic) bond motifs is 1. The van der Waals surface area contributed by atoms with Gasteiger partial charge in [-0.3, -0.25) is 4.79 Å². The van der Waals surface area contributed by atoms with E-state index >= 15 is 0 Å². The maximum absolute atomic E-state index is 14.3. The van der Waals surface area contributed by atoms with Crippen LogP contribution in [0.3, 0.4) is 0 Å². The Labute approximate surface area is 157 Å². The number of nitrogens with one attached hydrogen (secondary N) is 1. The van der Waals surface area contributed by atoms with Crippen molar-refractivity contribution in [1.29, 1.82) is 0 Å². The molecule has 25 heavy (non-hydrogen) atoms. The fourth-order valence-electron chi connectivity index (χ4n) is 3.47. The lowest BCUT2D eigenvalue weighted by Gasteiger charge is -2.32. The Balaban J connectivity index is 0.00000225. The van der Waals surface area contributed by atoms with Crippen molar-refractivity contribution in [2.75, 3.05) is 33.8 Å². The molecule has 3 rings (SSSR count). The van der Waals surface area contributed by atoms with E-state index in [2.05, 4.69) is 5.32 Å². The fourth-order valence-corrected chi connectivity index (χ4v) is 4.66. The molecule has 1 aliphatic heterocycles. The van der Waals surface area contributed by atoms with E-state index in [0.717, 1.165) is 37.2 Å². The molecule has 1 amide bonds. The summed E-state index contributed by atoms with van der Waals surface area (Å²) < 4.78 is 20.3. The van der Waals surface area contributed by atoms with Crippen LogP contribution in [0.15, 0.2) is 18.2 Å². The number of methoxy groups -OCH3 is 1. The number of amides is 1. The van der Waals surface area contributed by atoms with Gasteiger partial charge in [-0.25, -0.2) is 4.39 Å². The molecular formula is C18H24ClFN2O2S. The zero-order valence-electron chi connectivity index (χ0n) is 14.5. The second-order valence-electron chi connectivity index (χ2n) is 6.27. The van der Waals surface area contributed by atoms with Crippen molar-refractivity contribution in [3.05, 3.63) is 34.5 Å². The van der Waals surface area contributed by atoms with Gasteiger partial charge in [0.05, 0.1) is 11.5 Å². The maximum Gasteiger partial charge on any atom is 0.264 e. The smallest absolute Gasteiger partial charge is 0.264 e. The van der Waals surface area contributed by atoms with Gasteiger partial charge in [-0.05, 0) is 44.5 Å². The quantitative estimate of drug-likeness (QED) is 0.852. The van der Waals surface area contributed by atoms with Crippen molar-refractivity contribution >= 4 is 39.7 Å². The van der Waals surface area contributed by atoms with Gasteiger partial charge in [-0.2, -0.15) is 0 Å². The Morgan fingerprint density at radius 3 is 3.00 bits per heavy atom. The van der Waals surface area contributed by atoms with Crippen LogP contribution in [0.2, 0.25) is 0 Å². The van der Waals surface area contributed by atoms with E-state index in [4.69, 9.17) is 4.74 Å². The minimum atomic E-state index is -0.290. The van der Waals surface area contributed by atoms with Gasteiger partial charge in [0, 0.05) is 35.8 Å². The summed E-state index contributed by atoms with van der Waals surface area (Å²) in [7, 11) is 3.51. The van der Waals surface area contributed by atoms with Gasteiger partial charge in [0.25, 0.3) is 5.91 Å². The predicted molar refractivity (Wildman–Crippen MR) is 102 cm³/mol. The highest BCUT2D eigenvalue weighted by molar-refractivity contribution is 7.21. The number of nitrogens with zero attached hydrogens (tertiary/aromatic N) is 1. The molecule has 1 atom stereocenters. The standard InChI is InChI=1S/C18H23FN2O2S.ClH/c1-20-9-12-5-4-8-21(10-12)18(22)17-13(11-23-2)16-14(19)6-3-7-15(16)24-17;/h3,6-7,12,20H,4-5,8-11H2,1-2H3;1H. The van der Waals surface area contributed by atoms with Crippen LogP contribution in [0.1, 0.15) is 28.1 Å². The Hall–Kier alpha value is -1.21. The second-order valence-corrected chi connectivity index (χ2v) is 7.33. The third-order valence-electron chi connectivity index (χ3n) is 4.55. The van der Waals surface area contributed by atoms with E-state index in [0.29, 0.717) is 21.7 Å². The minimum absolute atomic E-state index is 0. The third-order valence-corrected chi connectivity index (χ3v) is 5.73. The van der Waals surface area contributed by atoms with Crippen molar-refractivity contribution in [2.24, 2.45) is 5.92 Å². The Morgan fingerprint density at radius 1 is 1.48 bits per heavy atom. The molecule has 1 N–H and O–H groups in total. The number of hydrogen-bond acceptors (Lipinski definition) is 4. The second kappa shape index (κ2) is 8.94. The van der Waals surface area contributed by atoms with Gasteiger partial charge in [0.1, 0.15) is 5.82 Å². The topological polar surface area (TPSA) is 41.6 Å². The molecule has 0 radical (unpaired) electrons. The van der Waals surface area contributed by atoms with Crippen LogP contribution in [0, 0.1) is 11.7 Å². The Morgan fingerprint density at radius 2 is 2.28 bits per heavy atom. The van der Waals surface area contributed by atoms with Crippen molar-refractivity contribution in [3.63, 3.8) is 0 Å². The van der Waals surface area contributed by atoms with Crippen LogP contribution >= 0.6 is 23.7 Å². The van der Waals surface area contributed by atoms with Gasteiger partial charge in [-0.15, -0.1) is 23.7 Å². The van der Waals surface area contributed by atoms with Crippen LogP contribution < -0.4 is 5.32 Å². The summed E-state index contributed by atoms with van der Waals surface area (Å²) in [5.74, 6) is 0.190. The average molecular weight is 387 g/mol. The number of carbonyl (C=O) groups excluding carboxylic acids is 1. The van der Waals surface area contributed by atoms with Crippen molar-refractivity contribution in [2.45, 2.75) is 19.4 Å². The molecule has 138 valence electrons. The molecule has 1 saturated heterocycles. The lowest BCUT2D eigenvalue weighted by Crippen LogP contribution is -2.42. The molecule has 1 fully saturated rings. The van der Waals surface area contributed by atoms with Gasteiger partial charge < -0.3 is 15.0 Å². The van der Waals surface area contributed by atoms with Crippen LogP contribution in [0.5, 0.6) is 0 Å². The highest BCUT2D eigenvalue weighted by atomic mass is 35.5. The van der Waals surface area contributed by atoms with E-state index in [1.807, 2.05) is 18.0 Å². The van der Waals surface area contributed by atoms with Crippen molar-refractivity contribution < 1.29 is 13.9 Å². The lowest BCUT2D eigenvalue weighted by molar-refractivity contribution is 0.0675. The summed E-state index contributed by atoms with van der Waals surface area (Å²) in [6.45, 7) is 2.68. The number of benzene rings is 1. The summed E-state index contributed by atoms with van der Waals surface area (Å²) in [6.07, 6.45) is 2.15. The number of thiophene rings is 1. The molecule has 2 heterocycles. The molecular weight excluding hydrogens is 363 g/mol. The molecule has 1 aromatic heterocycles. The fraction of sp³-hybridized carbons (Fsp3) is 0.500. The number of hydrogen-bond donors (Lipinski definition) is 1. The van der Waals surface area contributed by atoms with Crippen LogP contribution in [-0.4, -0.2) is 44.6 Å². The Kier molecular flexibility index (Phi) is 7.19. The van der Waals surface area contributed by atoms with E-state index in [1.165, 1.54) is 17.4 Å². The molecule has 1 aromatic carbocycles. The van der Waals surface area contributed by atoms with Gasteiger partial charge in [-0.1, -0.05) is 6.07 Å². The van der Waals surface area contributed by atoms with Crippen LogP contribution in [-0.2, 0) is 11.3 Å². The molecule has 4 nitrogen and oxygen atoms in total. The zero-order valence-corrected chi connectivity index (χ0v) is 16.1. The molecule has 7 heteroatoms. The van der Waals surface area contributed by atoms with Crippen molar-refractivity contribution in [1.82, 2.24) is 10.2 Å². The normalized spacial score (nSPS) is 17.6. The minimum Gasteiger partial charge on any atom is -0.380 e. The molecule has 1 aliphatic rings. The van der Waals surface area contributed by atoms with E-state index in [1.54, 1.807) is 13.2 Å². The number of piperidine rings is 1. The van der Waals surface area contributed by atoms with E-state index in [-0.39, 0.29) is 30.7 Å². The van der Waals surface area contributed by atoms with Gasteiger partial charge in [0.2, 0.25) is 0 Å². The number of carbonyl (C=O) groups is 1. The SMILES string of the molecule is CNCC1CCCN(C(=O)c2sc3cccc(F)c3c2COC)C1.Cl. The summed E-state index contributed by atoms with van der Waals surface area (Å²) in [5.41, 5.74) is 0.677. The first-order valence-corrected chi connectivity index (χ1v) is 9.10. The highest BCUT2D eigenvalue weighted by Crippen LogP contribution is 2.35. The monoisotopic (exact) mass is 386 g/mol. The number of ether oxygens (including phenoxy) is 1. The number of halogens is 2. The van der Waals surface area contributed by atoms with Crippen molar-refractivity contribution in [3.8, 4) is 0 Å². The van der Waals surface area contributed by atoms with Gasteiger partial charge >= 0.3 is 0 Å². The first-order valence-electron chi connectivity index (χ1n) is 8.28. The molecule has 2 aromatic rings. The average Bonchev–Trinajstić information content (AvgIpc) is 2.95. The number of likely N-dealkylation sites (tertiary alicyclic amines) is 1. The molecule has 0 aliphatic carbocycles. The molecule has 1 unspecified atom stereocenters. The molecule has 0 bridgehead atoms. The maximum atomic E-state index is 14.3. The Bertz CT molecular complexity index is 735. The molecule has 0 spiro atoms. The number of rotatable bonds is 5. The van der Waals surface area contributed by atoms with Crippen LogP contribution in [0.4, 0.5) is 4.39 Å². The van der Waals surface area contributed by atoms with Gasteiger partial charge in [0.15, 0.2) is 0 Å². The lowest BCUT2D eigenvalue weighted by atomic mass is 9.97.